The fraction of sp³-hybridized carbons (Fsp3) is 0.692. The van der Waals surface area contributed by atoms with E-state index in [9.17, 15) is 4.79 Å². The van der Waals surface area contributed by atoms with Crippen molar-refractivity contribution in [3.05, 3.63) is 17.0 Å². The second kappa shape index (κ2) is 8.22. The van der Waals surface area contributed by atoms with E-state index in [4.69, 9.17) is 9.63 Å². The Kier molecular flexibility index (Phi) is 6.94. The molecule has 0 saturated carbocycles. The van der Waals surface area contributed by atoms with Gasteiger partial charge in [-0.15, -0.1) is 11.8 Å². The lowest BCUT2D eigenvalue weighted by molar-refractivity contribution is -0.119. The first kappa shape index (κ1) is 16.0. The molecule has 1 unspecified atom stereocenters. The number of hydrogen-bond donors (Lipinski definition) is 2. The molecule has 0 aliphatic rings. The second-order valence-electron chi connectivity index (χ2n) is 4.48. The highest BCUT2D eigenvalue weighted by atomic mass is 32.2. The molecule has 6 heteroatoms. The third-order valence-corrected chi connectivity index (χ3v) is 3.96. The van der Waals surface area contributed by atoms with E-state index in [1.54, 1.807) is 11.8 Å². The van der Waals surface area contributed by atoms with Gasteiger partial charge in [0.1, 0.15) is 5.76 Å². The quantitative estimate of drug-likeness (QED) is 0.762. The zero-order valence-electron chi connectivity index (χ0n) is 11.7. The van der Waals surface area contributed by atoms with Crippen LogP contribution in [0.25, 0.3) is 0 Å². The Balaban J connectivity index is 2.31. The van der Waals surface area contributed by atoms with Crippen molar-refractivity contribution in [3.63, 3.8) is 0 Å². The van der Waals surface area contributed by atoms with Crippen molar-refractivity contribution in [1.29, 1.82) is 0 Å². The minimum Gasteiger partial charge on any atom is -0.396 e. The number of carbonyl (C=O) groups is 1. The average Bonchev–Trinajstić information content (AvgIpc) is 2.69. The zero-order chi connectivity index (χ0) is 14.3. The lowest BCUT2D eigenvalue weighted by atomic mass is 10.1. The summed E-state index contributed by atoms with van der Waals surface area (Å²) in [5.41, 5.74) is 1.96. The molecule has 1 atom stereocenters. The van der Waals surface area contributed by atoms with Gasteiger partial charge < -0.3 is 14.9 Å². The molecule has 0 aromatic carbocycles. The lowest BCUT2D eigenvalue weighted by Gasteiger charge is -2.15. The summed E-state index contributed by atoms with van der Waals surface area (Å²) in [6, 6.07) is 0.0668. The molecule has 0 aliphatic carbocycles. The van der Waals surface area contributed by atoms with E-state index in [-0.39, 0.29) is 18.6 Å². The Morgan fingerprint density at radius 3 is 2.79 bits per heavy atom. The molecule has 19 heavy (non-hydrogen) atoms. The van der Waals surface area contributed by atoms with Crippen LogP contribution in [0.2, 0.25) is 0 Å². The van der Waals surface area contributed by atoms with Crippen LogP contribution in [0.4, 0.5) is 0 Å². The second-order valence-corrected chi connectivity index (χ2v) is 5.47. The molecule has 5 nitrogen and oxygen atoms in total. The molecule has 0 aliphatic heterocycles. The summed E-state index contributed by atoms with van der Waals surface area (Å²) >= 11 is 1.54. The number of carbonyl (C=O) groups excluding carboxylic acids is 1. The van der Waals surface area contributed by atoms with Crippen molar-refractivity contribution in [3.8, 4) is 0 Å². The molecular weight excluding hydrogens is 264 g/mol. The molecule has 1 heterocycles. The van der Waals surface area contributed by atoms with Gasteiger partial charge in [-0.2, -0.15) is 0 Å². The Morgan fingerprint density at radius 1 is 1.53 bits per heavy atom. The number of rotatable bonds is 8. The van der Waals surface area contributed by atoms with Gasteiger partial charge in [-0.25, -0.2) is 0 Å². The number of nitrogens with zero attached hydrogens (tertiary/aromatic N) is 1. The number of amides is 1. The van der Waals surface area contributed by atoms with E-state index in [0.717, 1.165) is 29.2 Å². The van der Waals surface area contributed by atoms with Crippen molar-refractivity contribution in [2.45, 2.75) is 45.4 Å². The Bertz CT molecular complexity index is 387. The first-order valence-electron chi connectivity index (χ1n) is 6.48. The van der Waals surface area contributed by atoms with Gasteiger partial charge in [0.25, 0.3) is 0 Å². The van der Waals surface area contributed by atoms with Gasteiger partial charge in [-0.3, -0.25) is 4.79 Å². The number of aryl methyl sites for hydroxylation is 2. The number of aliphatic hydroxyl groups excluding tert-OH is 1. The fourth-order valence-corrected chi connectivity index (χ4v) is 2.74. The van der Waals surface area contributed by atoms with E-state index in [1.807, 2.05) is 20.8 Å². The molecular formula is C13H22N2O3S. The Labute approximate surface area is 118 Å². The molecule has 1 aromatic heterocycles. The van der Waals surface area contributed by atoms with Gasteiger partial charge in [0.05, 0.1) is 11.4 Å². The highest BCUT2D eigenvalue weighted by molar-refractivity contribution is 7.99. The van der Waals surface area contributed by atoms with E-state index >= 15 is 0 Å². The molecule has 1 amide bonds. The third-order valence-electron chi connectivity index (χ3n) is 3.00. The Hall–Kier alpha value is -1.01. The van der Waals surface area contributed by atoms with Gasteiger partial charge >= 0.3 is 0 Å². The highest BCUT2D eigenvalue weighted by Gasteiger charge is 2.12. The maximum absolute atomic E-state index is 11.7. The van der Waals surface area contributed by atoms with Crippen LogP contribution in [0.5, 0.6) is 0 Å². The molecule has 0 saturated heterocycles. The molecule has 2 N–H and O–H groups in total. The van der Waals surface area contributed by atoms with Crippen molar-refractivity contribution >= 4 is 17.7 Å². The van der Waals surface area contributed by atoms with E-state index in [0.29, 0.717) is 12.2 Å². The SMILES string of the molecule is CCC(CCO)NC(=O)CSCc1c(C)noc1C. The predicted molar refractivity (Wildman–Crippen MR) is 76.1 cm³/mol. The van der Waals surface area contributed by atoms with Crippen LogP contribution in [0, 0.1) is 13.8 Å². The van der Waals surface area contributed by atoms with Crippen LogP contribution in [-0.4, -0.2) is 34.6 Å². The average molecular weight is 286 g/mol. The summed E-state index contributed by atoms with van der Waals surface area (Å²) in [5.74, 6) is 1.96. The summed E-state index contributed by atoms with van der Waals surface area (Å²) < 4.78 is 5.08. The van der Waals surface area contributed by atoms with Crippen LogP contribution in [0.15, 0.2) is 4.52 Å². The summed E-state index contributed by atoms with van der Waals surface area (Å²) in [6.45, 7) is 5.88. The van der Waals surface area contributed by atoms with Crippen LogP contribution < -0.4 is 5.32 Å². The lowest BCUT2D eigenvalue weighted by Crippen LogP contribution is -2.36. The largest absolute Gasteiger partial charge is 0.396 e. The molecule has 0 bridgehead atoms. The minimum atomic E-state index is 0.0112. The van der Waals surface area contributed by atoms with Gasteiger partial charge in [0, 0.05) is 24.0 Å². The third kappa shape index (κ3) is 5.24. The van der Waals surface area contributed by atoms with Crippen LogP contribution in [0.1, 0.15) is 36.8 Å². The van der Waals surface area contributed by atoms with Crippen molar-refractivity contribution in [2.24, 2.45) is 0 Å². The predicted octanol–water partition coefficient (Wildman–Crippen LogP) is 1.80. The van der Waals surface area contributed by atoms with Crippen LogP contribution >= 0.6 is 11.8 Å². The molecule has 0 fully saturated rings. The van der Waals surface area contributed by atoms with E-state index in [1.165, 1.54) is 0 Å². The van der Waals surface area contributed by atoms with Crippen LogP contribution in [0.3, 0.4) is 0 Å². The minimum absolute atomic E-state index is 0.0112. The summed E-state index contributed by atoms with van der Waals surface area (Å²) in [5, 5.41) is 15.7. The van der Waals surface area contributed by atoms with Gasteiger partial charge in [-0.05, 0) is 26.7 Å². The van der Waals surface area contributed by atoms with Gasteiger partial charge in [0.2, 0.25) is 5.91 Å². The topological polar surface area (TPSA) is 75.4 Å². The smallest absolute Gasteiger partial charge is 0.230 e. The van der Waals surface area contributed by atoms with Gasteiger partial charge in [-0.1, -0.05) is 12.1 Å². The maximum atomic E-state index is 11.7. The van der Waals surface area contributed by atoms with Crippen molar-refractivity contribution in [1.82, 2.24) is 10.5 Å². The first-order chi connectivity index (χ1) is 9.08. The number of hydrogen-bond acceptors (Lipinski definition) is 5. The molecule has 108 valence electrons. The Morgan fingerprint density at radius 2 is 2.26 bits per heavy atom. The number of aliphatic hydroxyl groups is 1. The number of thioether (sulfide) groups is 1. The van der Waals surface area contributed by atoms with E-state index in [2.05, 4.69) is 10.5 Å². The van der Waals surface area contributed by atoms with Crippen LogP contribution in [-0.2, 0) is 10.5 Å². The fourth-order valence-electron chi connectivity index (χ4n) is 1.76. The molecule has 1 aromatic rings. The highest BCUT2D eigenvalue weighted by Crippen LogP contribution is 2.19. The number of aromatic nitrogens is 1. The zero-order valence-corrected chi connectivity index (χ0v) is 12.5. The molecule has 0 spiro atoms. The summed E-state index contributed by atoms with van der Waals surface area (Å²) in [6.07, 6.45) is 1.44. The first-order valence-corrected chi connectivity index (χ1v) is 7.63. The number of nitrogens with one attached hydrogen (secondary N) is 1. The summed E-state index contributed by atoms with van der Waals surface area (Å²) in [7, 11) is 0. The van der Waals surface area contributed by atoms with Gasteiger partial charge in [0.15, 0.2) is 0 Å². The maximum Gasteiger partial charge on any atom is 0.230 e. The molecule has 0 radical (unpaired) electrons. The van der Waals surface area contributed by atoms with E-state index < -0.39 is 0 Å². The standard InChI is InChI=1S/C13H22N2O3S/c1-4-11(5-6-16)14-13(17)8-19-7-12-9(2)15-18-10(12)3/h11,16H,4-8H2,1-3H3,(H,14,17). The monoisotopic (exact) mass is 286 g/mol. The summed E-state index contributed by atoms with van der Waals surface area (Å²) in [4.78, 5) is 11.7. The van der Waals surface area contributed by atoms with Crippen molar-refractivity contribution < 1.29 is 14.4 Å². The van der Waals surface area contributed by atoms with Crippen molar-refractivity contribution in [2.75, 3.05) is 12.4 Å². The molecule has 1 rings (SSSR count). The normalized spacial score (nSPS) is 12.4.